The summed E-state index contributed by atoms with van der Waals surface area (Å²) >= 11 is 0. The van der Waals surface area contributed by atoms with Crippen molar-refractivity contribution in [1.82, 2.24) is 15.1 Å². The molecule has 0 bridgehead atoms. The highest BCUT2D eigenvalue weighted by molar-refractivity contribution is 5.96. The van der Waals surface area contributed by atoms with Crippen LogP contribution >= 0.6 is 0 Å². The molecule has 11 nitrogen and oxygen atoms in total. The number of methoxy groups -OCH3 is 2. The minimum Gasteiger partial charge on any atom is -0.493 e. The number of carboxylic acid groups (broad SMARTS) is 1. The number of aryl methyl sites for hydroxylation is 1. The van der Waals surface area contributed by atoms with Crippen LogP contribution in [0.25, 0.3) is 0 Å². The predicted molar refractivity (Wildman–Crippen MR) is 91.9 cm³/mol. The van der Waals surface area contributed by atoms with Crippen LogP contribution in [0.5, 0.6) is 11.5 Å². The second-order valence-electron chi connectivity index (χ2n) is 5.53. The van der Waals surface area contributed by atoms with Gasteiger partial charge in [0, 0.05) is 7.05 Å². The predicted octanol–water partition coefficient (Wildman–Crippen LogP) is 1.29. The fourth-order valence-electron chi connectivity index (χ4n) is 2.49. The van der Waals surface area contributed by atoms with Crippen molar-refractivity contribution in [1.29, 1.82) is 0 Å². The van der Waals surface area contributed by atoms with Crippen molar-refractivity contribution >= 4 is 17.6 Å². The van der Waals surface area contributed by atoms with Gasteiger partial charge in [-0.3, -0.25) is 24.4 Å². The molecule has 1 unspecified atom stereocenters. The van der Waals surface area contributed by atoms with Crippen molar-refractivity contribution in [3.05, 3.63) is 45.8 Å². The largest absolute Gasteiger partial charge is 0.493 e. The van der Waals surface area contributed by atoms with E-state index in [1.165, 1.54) is 27.3 Å². The first-order valence-electron chi connectivity index (χ1n) is 7.69. The standard InChI is InChI=1S/C16H18N4O7/c1-19-8-11(20(24)25)15(18-19)16(23)17-10(7-14(21)22)9-4-5-12(26-2)13(6-9)27-3/h4-6,8,10H,7H2,1-3H3,(H,17,23)(H,21,22). The number of benzene rings is 1. The maximum Gasteiger partial charge on any atom is 0.320 e. The lowest BCUT2D eigenvalue weighted by atomic mass is 10.0. The van der Waals surface area contributed by atoms with Crippen LogP contribution in [0.4, 0.5) is 5.69 Å². The van der Waals surface area contributed by atoms with Crippen LogP contribution in [0.15, 0.2) is 24.4 Å². The number of carbonyl (C=O) groups excluding carboxylic acids is 1. The molecule has 2 rings (SSSR count). The van der Waals surface area contributed by atoms with Gasteiger partial charge in [-0.1, -0.05) is 6.07 Å². The van der Waals surface area contributed by atoms with Crippen molar-refractivity contribution in [3.63, 3.8) is 0 Å². The summed E-state index contributed by atoms with van der Waals surface area (Å²) in [6.07, 6.45) is 0.652. The molecule has 1 aromatic carbocycles. The van der Waals surface area contributed by atoms with Crippen molar-refractivity contribution in [2.45, 2.75) is 12.5 Å². The van der Waals surface area contributed by atoms with Crippen LogP contribution in [0.3, 0.4) is 0 Å². The zero-order valence-corrected chi connectivity index (χ0v) is 14.8. The summed E-state index contributed by atoms with van der Waals surface area (Å²) in [5.41, 5.74) is -0.447. The van der Waals surface area contributed by atoms with Gasteiger partial charge >= 0.3 is 11.7 Å². The van der Waals surface area contributed by atoms with Crippen LogP contribution in [0, 0.1) is 10.1 Å². The Morgan fingerprint density at radius 3 is 2.56 bits per heavy atom. The molecule has 1 heterocycles. The number of hydrogen-bond acceptors (Lipinski definition) is 7. The van der Waals surface area contributed by atoms with Crippen LogP contribution in [-0.2, 0) is 11.8 Å². The molecule has 144 valence electrons. The van der Waals surface area contributed by atoms with Crippen LogP contribution in [0.2, 0.25) is 0 Å². The molecule has 0 aliphatic carbocycles. The first-order chi connectivity index (χ1) is 12.8. The molecule has 0 aliphatic heterocycles. The van der Waals surface area contributed by atoms with Crippen LogP contribution < -0.4 is 14.8 Å². The number of carboxylic acids is 1. The minimum atomic E-state index is -1.16. The topological polar surface area (TPSA) is 146 Å². The number of ether oxygens (including phenoxy) is 2. The van der Waals surface area contributed by atoms with Gasteiger partial charge in [0.15, 0.2) is 11.5 Å². The van der Waals surface area contributed by atoms with Crippen LogP contribution in [-0.4, -0.2) is 45.9 Å². The average molecular weight is 378 g/mol. The summed E-state index contributed by atoms with van der Waals surface area (Å²) < 4.78 is 11.5. The Morgan fingerprint density at radius 2 is 2.00 bits per heavy atom. The molecule has 11 heteroatoms. The number of nitrogens with one attached hydrogen (secondary N) is 1. The third-order valence-electron chi connectivity index (χ3n) is 3.72. The number of nitrogens with zero attached hydrogens (tertiary/aromatic N) is 3. The van der Waals surface area contributed by atoms with E-state index in [4.69, 9.17) is 14.6 Å². The minimum absolute atomic E-state index is 0.350. The number of nitro groups is 1. The van der Waals surface area contributed by atoms with E-state index < -0.39 is 40.6 Å². The van der Waals surface area contributed by atoms with E-state index in [9.17, 15) is 19.7 Å². The van der Waals surface area contributed by atoms with E-state index >= 15 is 0 Å². The van der Waals surface area contributed by atoms with Gasteiger partial charge in [0.2, 0.25) is 5.69 Å². The molecule has 1 atom stereocenters. The fourth-order valence-corrected chi connectivity index (χ4v) is 2.49. The summed E-state index contributed by atoms with van der Waals surface area (Å²) in [6, 6.07) is 3.71. The van der Waals surface area contributed by atoms with E-state index in [1.54, 1.807) is 12.1 Å². The van der Waals surface area contributed by atoms with E-state index in [0.717, 1.165) is 10.9 Å². The van der Waals surface area contributed by atoms with Crippen molar-refractivity contribution in [3.8, 4) is 11.5 Å². The van der Waals surface area contributed by atoms with Gasteiger partial charge in [0.25, 0.3) is 5.91 Å². The van der Waals surface area contributed by atoms with Gasteiger partial charge < -0.3 is 19.9 Å². The Hall–Kier alpha value is -3.63. The number of hydrogen-bond donors (Lipinski definition) is 2. The normalized spacial score (nSPS) is 11.5. The Morgan fingerprint density at radius 1 is 1.33 bits per heavy atom. The van der Waals surface area contributed by atoms with Gasteiger partial charge in [-0.25, -0.2) is 0 Å². The quantitative estimate of drug-likeness (QED) is 0.516. The molecule has 0 saturated heterocycles. The maximum absolute atomic E-state index is 12.5. The molecule has 0 spiro atoms. The van der Waals surface area contributed by atoms with Gasteiger partial charge in [-0.2, -0.15) is 5.10 Å². The van der Waals surface area contributed by atoms with E-state index in [1.807, 2.05) is 0 Å². The zero-order chi connectivity index (χ0) is 20.1. The van der Waals surface area contributed by atoms with Gasteiger partial charge in [-0.15, -0.1) is 0 Å². The Labute approximate surface area is 153 Å². The summed E-state index contributed by atoms with van der Waals surface area (Å²) in [6.45, 7) is 0. The molecular weight excluding hydrogens is 360 g/mol. The molecule has 2 aromatic rings. The monoisotopic (exact) mass is 378 g/mol. The molecule has 0 radical (unpaired) electrons. The Kier molecular flexibility index (Phi) is 5.96. The number of aliphatic carboxylic acids is 1. The number of rotatable bonds is 8. The summed E-state index contributed by atoms with van der Waals surface area (Å²) in [5, 5.41) is 26.5. The highest BCUT2D eigenvalue weighted by Crippen LogP contribution is 2.31. The molecule has 27 heavy (non-hydrogen) atoms. The highest BCUT2D eigenvalue weighted by Gasteiger charge is 2.28. The molecule has 1 aromatic heterocycles. The molecule has 1 amide bonds. The summed E-state index contributed by atoms with van der Waals surface area (Å²) in [5.74, 6) is -1.24. The van der Waals surface area contributed by atoms with Gasteiger partial charge in [0.1, 0.15) is 6.20 Å². The second kappa shape index (κ2) is 8.17. The van der Waals surface area contributed by atoms with Crippen molar-refractivity contribution in [2.24, 2.45) is 7.05 Å². The third kappa shape index (κ3) is 4.51. The molecular formula is C16H18N4O7. The zero-order valence-electron chi connectivity index (χ0n) is 14.8. The first-order valence-corrected chi connectivity index (χ1v) is 7.69. The van der Waals surface area contributed by atoms with Crippen LogP contribution in [0.1, 0.15) is 28.5 Å². The third-order valence-corrected chi connectivity index (χ3v) is 3.72. The first kappa shape index (κ1) is 19.7. The summed E-state index contributed by atoms with van der Waals surface area (Å²) in [7, 11) is 4.31. The molecule has 0 saturated carbocycles. The number of amides is 1. The average Bonchev–Trinajstić information content (AvgIpc) is 3.02. The number of carbonyl (C=O) groups is 2. The lowest BCUT2D eigenvalue weighted by molar-refractivity contribution is -0.385. The second-order valence-corrected chi connectivity index (χ2v) is 5.53. The Balaban J connectivity index is 2.36. The van der Waals surface area contributed by atoms with Gasteiger partial charge in [0.05, 0.1) is 31.6 Å². The lowest BCUT2D eigenvalue weighted by Crippen LogP contribution is -2.31. The molecule has 0 fully saturated rings. The van der Waals surface area contributed by atoms with E-state index in [2.05, 4.69) is 10.4 Å². The lowest BCUT2D eigenvalue weighted by Gasteiger charge is -2.18. The fraction of sp³-hybridized carbons (Fsp3) is 0.312. The smallest absolute Gasteiger partial charge is 0.320 e. The SMILES string of the molecule is COc1ccc(C(CC(=O)O)NC(=O)c2nn(C)cc2[N+](=O)[O-])cc1OC. The van der Waals surface area contributed by atoms with Crippen molar-refractivity contribution in [2.75, 3.05) is 14.2 Å². The van der Waals surface area contributed by atoms with E-state index in [-0.39, 0.29) is 0 Å². The highest BCUT2D eigenvalue weighted by atomic mass is 16.6. The molecule has 2 N–H and O–H groups in total. The molecule has 0 aliphatic rings. The Bertz CT molecular complexity index is 878. The van der Waals surface area contributed by atoms with E-state index in [0.29, 0.717) is 17.1 Å². The number of aromatic nitrogens is 2. The summed E-state index contributed by atoms with van der Waals surface area (Å²) in [4.78, 5) is 34.1. The maximum atomic E-state index is 12.5. The van der Waals surface area contributed by atoms with Gasteiger partial charge in [-0.05, 0) is 17.7 Å². The van der Waals surface area contributed by atoms with Crippen molar-refractivity contribution < 1.29 is 29.1 Å².